The number of likely N-dealkylation sites (tertiary alicyclic amines) is 1. The first-order valence-electron chi connectivity index (χ1n) is 9.50. The van der Waals surface area contributed by atoms with E-state index in [1.807, 2.05) is 45.9 Å². The molecule has 144 valence electrons. The molecule has 27 heavy (non-hydrogen) atoms. The monoisotopic (exact) mass is 433 g/mol. The lowest BCUT2D eigenvalue weighted by Gasteiger charge is -2.31. The standard InChI is InChI=1S/C20H24BrN3O3/c1-5-10(4)24-17(25)14-15(18(24)26)20(23-16(14)9(2)3)12-8-11(21)6-7-13(12)22-19(20)27/h6-10,14-16,23H,5H2,1-4H3,(H,22,27)/t10-,14+,15+,16-,20-/m1/s1. The Morgan fingerprint density at radius 3 is 2.52 bits per heavy atom. The van der Waals surface area contributed by atoms with Crippen molar-refractivity contribution in [2.45, 2.75) is 51.7 Å². The molecule has 6 nitrogen and oxygen atoms in total. The topological polar surface area (TPSA) is 78.5 Å². The normalized spacial score (nSPS) is 33.0. The van der Waals surface area contributed by atoms with Crippen LogP contribution in [-0.4, -0.2) is 34.7 Å². The lowest BCUT2D eigenvalue weighted by atomic mass is 9.76. The lowest BCUT2D eigenvalue weighted by molar-refractivity contribution is -0.145. The Labute approximate surface area is 167 Å². The molecule has 3 amide bonds. The van der Waals surface area contributed by atoms with Gasteiger partial charge in [0.15, 0.2) is 0 Å². The Kier molecular flexibility index (Phi) is 4.23. The molecule has 3 heterocycles. The number of amides is 3. The molecule has 0 unspecified atom stereocenters. The summed E-state index contributed by atoms with van der Waals surface area (Å²) in [6.45, 7) is 7.89. The summed E-state index contributed by atoms with van der Waals surface area (Å²) in [6, 6.07) is 5.16. The van der Waals surface area contributed by atoms with Gasteiger partial charge in [-0.1, -0.05) is 36.7 Å². The van der Waals surface area contributed by atoms with Gasteiger partial charge in [0.1, 0.15) is 5.54 Å². The van der Waals surface area contributed by atoms with Gasteiger partial charge in [0.05, 0.1) is 11.8 Å². The second-order valence-electron chi connectivity index (χ2n) is 8.17. The maximum absolute atomic E-state index is 13.4. The zero-order valence-electron chi connectivity index (χ0n) is 15.9. The molecule has 3 aliphatic rings. The van der Waals surface area contributed by atoms with Crippen molar-refractivity contribution in [2.24, 2.45) is 17.8 Å². The summed E-state index contributed by atoms with van der Waals surface area (Å²) in [4.78, 5) is 41.3. The van der Waals surface area contributed by atoms with E-state index in [1.165, 1.54) is 4.90 Å². The van der Waals surface area contributed by atoms with Crippen LogP contribution in [0, 0.1) is 17.8 Å². The van der Waals surface area contributed by atoms with Crippen LogP contribution < -0.4 is 10.6 Å². The fourth-order valence-electron chi connectivity index (χ4n) is 4.92. The minimum Gasteiger partial charge on any atom is -0.324 e. The third-order valence-corrected chi connectivity index (χ3v) is 6.89. The Balaban J connectivity index is 1.92. The number of carbonyl (C=O) groups is 3. The van der Waals surface area contributed by atoms with Crippen molar-refractivity contribution in [3.8, 4) is 0 Å². The molecule has 3 aliphatic heterocycles. The van der Waals surface area contributed by atoms with Gasteiger partial charge in [-0.15, -0.1) is 0 Å². The van der Waals surface area contributed by atoms with Crippen molar-refractivity contribution in [1.82, 2.24) is 10.2 Å². The zero-order valence-corrected chi connectivity index (χ0v) is 17.5. The highest BCUT2D eigenvalue weighted by Crippen LogP contribution is 2.54. The number of halogens is 1. The number of nitrogens with zero attached hydrogens (tertiary/aromatic N) is 1. The summed E-state index contributed by atoms with van der Waals surface area (Å²) in [5, 5.41) is 6.36. The second-order valence-corrected chi connectivity index (χ2v) is 9.09. The fourth-order valence-corrected chi connectivity index (χ4v) is 5.28. The van der Waals surface area contributed by atoms with Crippen LogP contribution in [-0.2, 0) is 19.9 Å². The van der Waals surface area contributed by atoms with Crippen LogP contribution in [0.25, 0.3) is 0 Å². The average Bonchev–Trinajstić information content (AvgIpc) is 3.20. The van der Waals surface area contributed by atoms with E-state index in [4.69, 9.17) is 0 Å². The zero-order chi connectivity index (χ0) is 19.7. The van der Waals surface area contributed by atoms with Crippen LogP contribution in [0.1, 0.15) is 39.7 Å². The molecule has 1 spiro atoms. The van der Waals surface area contributed by atoms with Gasteiger partial charge in [0.25, 0.3) is 0 Å². The lowest BCUT2D eigenvalue weighted by Crippen LogP contribution is -2.54. The number of hydrogen-bond donors (Lipinski definition) is 2. The number of imide groups is 1. The Morgan fingerprint density at radius 1 is 1.19 bits per heavy atom. The van der Waals surface area contributed by atoms with Gasteiger partial charge in [-0.2, -0.15) is 0 Å². The molecule has 2 N–H and O–H groups in total. The molecule has 1 aromatic rings. The van der Waals surface area contributed by atoms with E-state index in [1.54, 1.807) is 0 Å². The van der Waals surface area contributed by atoms with Gasteiger partial charge >= 0.3 is 0 Å². The number of benzene rings is 1. The van der Waals surface area contributed by atoms with E-state index in [9.17, 15) is 14.4 Å². The Morgan fingerprint density at radius 2 is 1.89 bits per heavy atom. The highest BCUT2D eigenvalue weighted by atomic mass is 79.9. The maximum Gasteiger partial charge on any atom is 0.250 e. The van der Waals surface area contributed by atoms with Crippen LogP contribution in [0.3, 0.4) is 0 Å². The largest absolute Gasteiger partial charge is 0.324 e. The third-order valence-electron chi connectivity index (χ3n) is 6.40. The van der Waals surface area contributed by atoms with E-state index in [0.717, 1.165) is 10.0 Å². The van der Waals surface area contributed by atoms with Gasteiger partial charge in [0.2, 0.25) is 17.7 Å². The molecule has 7 heteroatoms. The van der Waals surface area contributed by atoms with Crippen LogP contribution in [0.2, 0.25) is 0 Å². The molecule has 1 aromatic carbocycles. The molecule has 0 saturated carbocycles. The van der Waals surface area contributed by atoms with Crippen molar-refractivity contribution in [2.75, 3.05) is 5.32 Å². The smallest absolute Gasteiger partial charge is 0.250 e. The predicted molar refractivity (Wildman–Crippen MR) is 105 cm³/mol. The van der Waals surface area contributed by atoms with E-state index >= 15 is 0 Å². The number of nitrogens with one attached hydrogen (secondary N) is 2. The third kappa shape index (κ3) is 2.30. The minimum atomic E-state index is -1.20. The molecule has 2 fully saturated rings. The molecule has 2 saturated heterocycles. The van der Waals surface area contributed by atoms with Gasteiger partial charge < -0.3 is 5.32 Å². The van der Waals surface area contributed by atoms with Crippen LogP contribution in [0.4, 0.5) is 5.69 Å². The van der Waals surface area contributed by atoms with E-state index in [-0.39, 0.29) is 35.7 Å². The van der Waals surface area contributed by atoms with E-state index in [0.29, 0.717) is 12.1 Å². The number of fused-ring (bicyclic) bond motifs is 4. The van der Waals surface area contributed by atoms with E-state index in [2.05, 4.69) is 26.6 Å². The van der Waals surface area contributed by atoms with Gasteiger partial charge in [-0.05, 0) is 37.5 Å². The Hall–Kier alpha value is -1.73. The molecule has 0 bridgehead atoms. The SMILES string of the molecule is CC[C@@H](C)N1C(=O)[C@@H]2[C@@H](C(C)C)N[C@@]3(C(=O)Nc4ccc(Br)cc43)[C@@H]2C1=O. The fraction of sp³-hybridized carbons (Fsp3) is 0.550. The number of anilines is 1. The van der Waals surface area contributed by atoms with Crippen LogP contribution >= 0.6 is 15.9 Å². The molecule has 4 rings (SSSR count). The first-order valence-corrected chi connectivity index (χ1v) is 10.3. The summed E-state index contributed by atoms with van der Waals surface area (Å²) in [7, 11) is 0. The van der Waals surface area contributed by atoms with Crippen molar-refractivity contribution in [3.05, 3.63) is 28.2 Å². The number of carbonyl (C=O) groups excluding carboxylic acids is 3. The predicted octanol–water partition coefficient (Wildman–Crippen LogP) is 2.62. The molecule has 0 aromatic heterocycles. The summed E-state index contributed by atoms with van der Waals surface area (Å²) in [5.74, 6) is -1.78. The number of rotatable bonds is 3. The van der Waals surface area contributed by atoms with Crippen molar-refractivity contribution in [1.29, 1.82) is 0 Å². The maximum atomic E-state index is 13.4. The first kappa shape index (κ1) is 18.6. The minimum absolute atomic E-state index is 0.106. The van der Waals surface area contributed by atoms with Crippen molar-refractivity contribution >= 4 is 39.3 Å². The summed E-state index contributed by atoms with van der Waals surface area (Å²) in [5.41, 5.74) is 0.237. The van der Waals surface area contributed by atoms with E-state index < -0.39 is 17.4 Å². The summed E-state index contributed by atoms with van der Waals surface area (Å²) in [6.07, 6.45) is 0.692. The van der Waals surface area contributed by atoms with Crippen molar-refractivity contribution in [3.63, 3.8) is 0 Å². The quantitative estimate of drug-likeness (QED) is 0.718. The van der Waals surface area contributed by atoms with Gasteiger partial charge in [-0.3, -0.25) is 24.6 Å². The summed E-state index contributed by atoms with van der Waals surface area (Å²) >= 11 is 3.48. The molecule has 0 radical (unpaired) electrons. The molecular formula is C20H24BrN3O3. The molecule has 0 aliphatic carbocycles. The molecular weight excluding hydrogens is 410 g/mol. The highest BCUT2D eigenvalue weighted by molar-refractivity contribution is 9.10. The first-order chi connectivity index (χ1) is 12.7. The van der Waals surface area contributed by atoms with Gasteiger partial charge in [-0.25, -0.2) is 0 Å². The van der Waals surface area contributed by atoms with Crippen molar-refractivity contribution < 1.29 is 14.4 Å². The summed E-state index contributed by atoms with van der Waals surface area (Å²) < 4.78 is 0.832. The highest BCUT2D eigenvalue weighted by Gasteiger charge is 2.71. The van der Waals surface area contributed by atoms with Crippen LogP contribution in [0.15, 0.2) is 22.7 Å². The Bertz CT molecular complexity index is 855. The number of hydrogen-bond acceptors (Lipinski definition) is 4. The average molecular weight is 434 g/mol. The van der Waals surface area contributed by atoms with Crippen LogP contribution in [0.5, 0.6) is 0 Å². The second kappa shape index (κ2) is 6.14. The van der Waals surface area contributed by atoms with Gasteiger partial charge in [0, 0.05) is 27.8 Å². The molecule has 5 atom stereocenters.